The molecule has 0 bridgehead atoms. The van der Waals surface area contributed by atoms with Crippen LogP contribution in [0.5, 0.6) is 0 Å². The lowest BCUT2D eigenvalue weighted by Gasteiger charge is -2.38. The Kier molecular flexibility index (Phi) is 6.76. The highest BCUT2D eigenvalue weighted by atomic mass is 16.6. The summed E-state index contributed by atoms with van der Waals surface area (Å²) in [6.07, 6.45) is 3.30. The van der Waals surface area contributed by atoms with Crippen LogP contribution >= 0.6 is 0 Å². The minimum absolute atomic E-state index is 0.131. The fourth-order valence-corrected chi connectivity index (χ4v) is 3.79. The summed E-state index contributed by atoms with van der Waals surface area (Å²) >= 11 is 0. The summed E-state index contributed by atoms with van der Waals surface area (Å²) in [4.78, 5) is 27.3. The number of anilines is 1. The molecule has 6 nitrogen and oxygen atoms in total. The zero-order valence-electron chi connectivity index (χ0n) is 16.3. The van der Waals surface area contributed by atoms with Crippen molar-refractivity contribution < 1.29 is 9.72 Å². The van der Waals surface area contributed by atoms with Crippen LogP contribution in [-0.2, 0) is 11.2 Å². The van der Waals surface area contributed by atoms with Crippen molar-refractivity contribution in [3.05, 3.63) is 70.3 Å². The monoisotopic (exact) mass is 381 g/mol. The first kappa shape index (κ1) is 20.0. The topological polar surface area (TPSA) is 66.7 Å². The molecule has 0 spiro atoms. The van der Waals surface area contributed by atoms with Crippen molar-refractivity contribution in [2.75, 3.05) is 24.5 Å². The molecule has 3 rings (SSSR count). The number of likely N-dealkylation sites (tertiary alicyclic amines) is 1. The Morgan fingerprint density at radius 2 is 1.75 bits per heavy atom. The number of rotatable bonds is 7. The molecule has 0 radical (unpaired) electrons. The van der Waals surface area contributed by atoms with Gasteiger partial charge in [-0.25, -0.2) is 0 Å². The maximum Gasteiger partial charge on any atom is 0.269 e. The molecule has 2 aromatic carbocycles. The average molecular weight is 381 g/mol. The summed E-state index contributed by atoms with van der Waals surface area (Å²) in [5, 5.41) is 10.7. The number of carbonyl (C=O) groups is 1. The Bertz CT molecular complexity index is 784. The van der Waals surface area contributed by atoms with Gasteiger partial charge in [0.05, 0.1) is 4.92 Å². The number of piperidine rings is 1. The Morgan fingerprint density at radius 3 is 2.32 bits per heavy atom. The van der Waals surface area contributed by atoms with E-state index in [0.29, 0.717) is 6.42 Å². The van der Waals surface area contributed by atoms with Gasteiger partial charge >= 0.3 is 0 Å². The van der Waals surface area contributed by atoms with Crippen LogP contribution in [0.2, 0.25) is 0 Å². The second-order valence-corrected chi connectivity index (χ2v) is 7.20. The minimum atomic E-state index is -0.370. The molecule has 1 aliphatic rings. The van der Waals surface area contributed by atoms with Crippen molar-refractivity contribution >= 4 is 17.3 Å². The normalized spacial score (nSPS) is 15.3. The van der Waals surface area contributed by atoms with Gasteiger partial charge in [0.1, 0.15) is 0 Å². The van der Waals surface area contributed by atoms with Gasteiger partial charge in [0.2, 0.25) is 5.91 Å². The zero-order valence-corrected chi connectivity index (χ0v) is 16.3. The number of nitro groups is 1. The molecule has 1 heterocycles. The highest BCUT2D eigenvalue weighted by Gasteiger charge is 2.28. The second-order valence-electron chi connectivity index (χ2n) is 7.20. The smallest absolute Gasteiger partial charge is 0.269 e. The number of hydrogen-bond donors (Lipinski definition) is 0. The average Bonchev–Trinajstić information content (AvgIpc) is 2.74. The lowest BCUT2D eigenvalue weighted by molar-refractivity contribution is -0.384. The van der Waals surface area contributed by atoms with Crippen LogP contribution in [0.25, 0.3) is 0 Å². The van der Waals surface area contributed by atoms with Gasteiger partial charge in [-0.15, -0.1) is 0 Å². The minimum Gasteiger partial charge on any atom is -0.309 e. The number of non-ortho nitro benzene ring substituents is 1. The largest absolute Gasteiger partial charge is 0.309 e. The Labute approximate surface area is 165 Å². The van der Waals surface area contributed by atoms with Gasteiger partial charge < -0.3 is 9.80 Å². The van der Waals surface area contributed by atoms with Crippen molar-refractivity contribution in [1.29, 1.82) is 0 Å². The summed E-state index contributed by atoms with van der Waals surface area (Å²) in [6, 6.07) is 17.0. The van der Waals surface area contributed by atoms with E-state index in [1.54, 1.807) is 12.1 Å². The number of hydrogen-bond acceptors (Lipinski definition) is 4. The molecule has 2 aromatic rings. The molecule has 0 atom stereocenters. The van der Waals surface area contributed by atoms with Crippen molar-refractivity contribution in [1.82, 2.24) is 4.90 Å². The third kappa shape index (κ3) is 4.95. The lowest BCUT2D eigenvalue weighted by Crippen LogP contribution is -2.47. The molecule has 1 saturated heterocycles. The number of nitro benzene ring substituents is 1. The Morgan fingerprint density at radius 1 is 1.11 bits per heavy atom. The molecule has 6 heteroatoms. The standard InChI is InChI=1S/C22H27N3O3/c1-2-22(26)24(19-6-4-3-5-7-19)20-13-16-23(17-14-20)15-12-18-8-10-21(11-9-18)25(27)28/h3-11,20H,2,12-17H2,1H3. The van der Waals surface area contributed by atoms with Crippen molar-refractivity contribution in [2.45, 2.75) is 38.6 Å². The number of nitrogens with zero attached hydrogens (tertiary/aromatic N) is 3. The zero-order chi connectivity index (χ0) is 19.9. The predicted molar refractivity (Wildman–Crippen MR) is 110 cm³/mol. The third-order valence-corrected chi connectivity index (χ3v) is 5.39. The first-order chi connectivity index (χ1) is 13.6. The molecule has 0 unspecified atom stereocenters. The molecule has 1 aliphatic heterocycles. The molecule has 148 valence electrons. The molecule has 1 fully saturated rings. The van der Waals surface area contributed by atoms with Gasteiger partial charge in [0, 0.05) is 49.9 Å². The maximum absolute atomic E-state index is 12.5. The molecular formula is C22H27N3O3. The van der Waals surface area contributed by atoms with E-state index in [1.165, 1.54) is 0 Å². The highest BCUT2D eigenvalue weighted by Crippen LogP contribution is 2.24. The lowest BCUT2D eigenvalue weighted by atomic mass is 10.0. The number of carbonyl (C=O) groups excluding carboxylic acids is 1. The Balaban J connectivity index is 1.54. The summed E-state index contributed by atoms with van der Waals surface area (Å²) in [5.41, 5.74) is 2.23. The van der Waals surface area contributed by atoms with Gasteiger partial charge in [0.15, 0.2) is 0 Å². The first-order valence-corrected chi connectivity index (χ1v) is 9.91. The maximum atomic E-state index is 12.5. The number of benzene rings is 2. The summed E-state index contributed by atoms with van der Waals surface area (Å²) in [5.74, 6) is 0.176. The predicted octanol–water partition coefficient (Wildman–Crippen LogP) is 4.04. The molecule has 1 amide bonds. The summed E-state index contributed by atoms with van der Waals surface area (Å²) in [7, 11) is 0. The van der Waals surface area contributed by atoms with E-state index in [1.807, 2.05) is 54.3 Å². The van der Waals surface area contributed by atoms with Gasteiger partial charge in [-0.2, -0.15) is 0 Å². The quantitative estimate of drug-likeness (QED) is 0.536. The van der Waals surface area contributed by atoms with Crippen molar-refractivity contribution in [3.8, 4) is 0 Å². The van der Waals surface area contributed by atoms with Gasteiger partial charge in [-0.1, -0.05) is 37.3 Å². The molecule has 0 aliphatic carbocycles. The third-order valence-electron chi connectivity index (χ3n) is 5.39. The summed E-state index contributed by atoms with van der Waals surface area (Å²) < 4.78 is 0. The number of amides is 1. The SMILES string of the molecule is CCC(=O)N(c1ccccc1)C1CCN(CCc2ccc([N+](=O)[O-])cc2)CC1. The molecule has 28 heavy (non-hydrogen) atoms. The van der Waals surface area contributed by atoms with Crippen LogP contribution in [0, 0.1) is 10.1 Å². The highest BCUT2D eigenvalue weighted by molar-refractivity contribution is 5.93. The van der Waals surface area contributed by atoms with E-state index in [-0.39, 0.29) is 22.6 Å². The van der Waals surface area contributed by atoms with Crippen molar-refractivity contribution in [3.63, 3.8) is 0 Å². The second kappa shape index (κ2) is 9.46. The van der Waals surface area contributed by atoms with Crippen molar-refractivity contribution in [2.24, 2.45) is 0 Å². The van der Waals surface area contributed by atoms with E-state index < -0.39 is 0 Å². The first-order valence-electron chi connectivity index (χ1n) is 9.91. The summed E-state index contributed by atoms with van der Waals surface area (Å²) in [6.45, 7) is 4.76. The van der Waals surface area contributed by atoms with Gasteiger partial charge in [-0.05, 0) is 37.0 Å². The van der Waals surface area contributed by atoms with Crippen LogP contribution in [0.4, 0.5) is 11.4 Å². The van der Waals surface area contributed by atoms with E-state index >= 15 is 0 Å². The van der Waals surface area contributed by atoms with Gasteiger partial charge in [0.25, 0.3) is 5.69 Å². The fraction of sp³-hybridized carbons (Fsp3) is 0.409. The van der Waals surface area contributed by atoms with E-state index in [0.717, 1.165) is 50.1 Å². The molecule has 0 saturated carbocycles. The molecular weight excluding hydrogens is 354 g/mol. The molecule has 0 aromatic heterocycles. The molecule has 0 N–H and O–H groups in total. The van der Waals surface area contributed by atoms with Crippen LogP contribution in [0.1, 0.15) is 31.7 Å². The Hall–Kier alpha value is -2.73. The van der Waals surface area contributed by atoms with Crippen LogP contribution < -0.4 is 4.90 Å². The van der Waals surface area contributed by atoms with Crippen LogP contribution in [-0.4, -0.2) is 41.4 Å². The van der Waals surface area contributed by atoms with E-state index in [4.69, 9.17) is 0 Å². The van der Waals surface area contributed by atoms with E-state index in [9.17, 15) is 14.9 Å². The fourth-order valence-electron chi connectivity index (χ4n) is 3.79. The van der Waals surface area contributed by atoms with E-state index in [2.05, 4.69) is 4.90 Å². The van der Waals surface area contributed by atoms with Gasteiger partial charge in [-0.3, -0.25) is 14.9 Å². The van der Waals surface area contributed by atoms with Crippen LogP contribution in [0.3, 0.4) is 0 Å². The van der Waals surface area contributed by atoms with Crippen LogP contribution in [0.15, 0.2) is 54.6 Å². The number of para-hydroxylation sites is 1.